The van der Waals surface area contributed by atoms with Crippen molar-refractivity contribution in [1.82, 2.24) is 19.9 Å². The number of amides is 3. The highest BCUT2D eigenvalue weighted by atomic mass is 16.5. The van der Waals surface area contributed by atoms with Gasteiger partial charge in [0, 0.05) is 37.2 Å². The first-order valence-electron chi connectivity index (χ1n) is 13.7. The summed E-state index contributed by atoms with van der Waals surface area (Å²) in [5, 5.41) is 16.6. The van der Waals surface area contributed by atoms with Gasteiger partial charge >= 0.3 is 6.03 Å². The highest BCUT2D eigenvalue weighted by molar-refractivity contribution is 5.97. The molecule has 39 heavy (non-hydrogen) atoms. The molecule has 10 heteroatoms. The van der Waals surface area contributed by atoms with Gasteiger partial charge in [-0.15, -0.1) is 0 Å². The Balaban J connectivity index is 1.58. The number of aliphatic hydroxyl groups is 1. The summed E-state index contributed by atoms with van der Waals surface area (Å²) in [6, 6.07) is 1.00. The van der Waals surface area contributed by atoms with Crippen LogP contribution in [-0.2, 0) is 0 Å². The molecular weight excluding hydrogens is 498 g/mol. The van der Waals surface area contributed by atoms with Crippen molar-refractivity contribution in [3.05, 3.63) is 34.8 Å². The number of fused-ring (bicyclic) bond motifs is 1. The SMILES string of the molecule is Cc1noc(C)c1NC(=O)N(C)C[C@H]1Oc2ncc(C#CC3CCCCC3)cc2C(=O)N([C@H](C)CO)C[C@H]1C. The Morgan fingerprint density at radius 3 is 2.72 bits per heavy atom. The van der Waals surface area contributed by atoms with Crippen LogP contribution < -0.4 is 10.1 Å². The van der Waals surface area contributed by atoms with E-state index in [1.54, 1.807) is 38.1 Å². The molecule has 2 N–H and O–H groups in total. The Bertz CT molecular complexity index is 1220. The first kappa shape index (κ1) is 28.4. The predicted molar refractivity (Wildman–Crippen MR) is 146 cm³/mol. The number of likely N-dealkylation sites (N-methyl/N-ethyl adjacent to an activating group) is 1. The number of rotatable bonds is 5. The van der Waals surface area contributed by atoms with Gasteiger partial charge in [0.2, 0.25) is 5.88 Å². The van der Waals surface area contributed by atoms with Crippen molar-refractivity contribution in [2.75, 3.05) is 32.1 Å². The molecule has 1 aliphatic carbocycles. The van der Waals surface area contributed by atoms with E-state index < -0.39 is 12.1 Å². The second kappa shape index (κ2) is 12.5. The average molecular weight is 538 g/mol. The van der Waals surface area contributed by atoms with E-state index in [4.69, 9.17) is 9.26 Å². The molecule has 0 radical (unpaired) electrons. The molecule has 2 aromatic rings. The number of anilines is 1. The number of carbonyl (C=O) groups excluding carboxylic acids is 2. The summed E-state index contributed by atoms with van der Waals surface area (Å²) in [6.45, 7) is 7.69. The first-order chi connectivity index (χ1) is 18.7. The zero-order chi connectivity index (χ0) is 28.1. The molecule has 0 spiro atoms. The van der Waals surface area contributed by atoms with Crippen LogP contribution in [0.15, 0.2) is 16.8 Å². The van der Waals surface area contributed by atoms with Crippen molar-refractivity contribution >= 4 is 17.6 Å². The van der Waals surface area contributed by atoms with Crippen LogP contribution in [0.3, 0.4) is 0 Å². The quantitative estimate of drug-likeness (QED) is 0.553. The van der Waals surface area contributed by atoms with Crippen molar-refractivity contribution < 1.29 is 24.0 Å². The number of carbonyl (C=O) groups is 2. The van der Waals surface area contributed by atoms with Crippen molar-refractivity contribution in [2.45, 2.75) is 71.9 Å². The molecule has 4 rings (SSSR count). The standard InChI is InChI=1S/C29H39N5O5/c1-18-15-34(19(2)17-35)28(36)24-13-23(12-11-22-9-7-6-8-10-22)14-30-27(24)38-25(18)16-33(5)29(37)31-26-20(3)32-39-21(26)4/h13-14,18-19,22,25,35H,6-10,15-17H2,1-5H3,(H,31,37)/t18-,19-,25-/m1/s1. The molecule has 0 aromatic carbocycles. The maximum absolute atomic E-state index is 13.6. The van der Waals surface area contributed by atoms with Gasteiger partial charge in [0.1, 0.15) is 23.0 Å². The van der Waals surface area contributed by atoms with E-state index in [0.29, 0.717) is 40.7 Å². The Morgan fingerprint density at radius 1 is 1.31 bits per heavy atom. The van der Waals surface area contributed by atoms with Crippen LogP contribution in [0.4, 0.5) is 10.5 Å². The van der Waals surface area contributed by atoms with E-state index >= 15 is 0 Å². The number of aromatic nitrogens is 2. The van der Waals surface area contributed by atoms with Gasteiger partial charge in [-0.05, 0) is 39.7 Å². The minimum atomic E-state index is -0.461. The van der Waals surface area contributed by atoms with E-state index in [1.165, 1.54) is 24.2 Å². The van der Waals surface area contributed by atoms with Gasteiger partial charge in [0.15, 0.2) is 5.76 Å². The van der Waals surface area contributed by atoms with E-state index in [2.05, 4.69) is 27.3 Å². The molecule has 0 bridgehead atoms. The molecule has 210 valence electrons. The Morgan fingerprint density at radius 2 is 2.05 bits per heavy atom. The number of hydrogen-bond acceptors (Lipinski definition) is 7. The fraction of sp³-hybridized carbons (Fsp3) is 0.586. The lowest BCUT2D eigenvalue weighted by Gasteiger charge is -2.37. The average Bonchev–Trinajstić information content (AvgIpc) is 3.25. The lowest BCUT2D eigenvalue weighted by Crippen LogP contribution is -2.50. The first-order valence-corrected chi connectivity index (χ1v) is 13.7. The van der Waals surface area contributed by atoms with Crippen LogP contribution in [0.25, 0.3) is 0 Å². The minimum absolute atomic E-state index is 0.155. The Labute approximate surface area is 230 Å². The minimum Gasteiger partial charge on any atom is -0.472 e. The lowest BCUT2D eigenvalue weighted by molar-refractivity contribution is 0.0356. The predicted octanol–water partition coefficient (Wildman–Crippen LogP) is 4.00. The van der Waals surface area contributed by atoms with E-state index in [9.17, 15) is 14.7 Å². The summed E-state index contributed by atoms with van der Waals surface area (Å²) >= 11 is 0. The number of aliphatic hydroxyl groups excluding tert-OH is 1. The van der Waals surface area contributed by atoms with Crippen LogP contribution in [0.2, 0.25) is 0 Å². The largest absolute Gasteiger partial charge is 0.472 e. The Hall–Kier alpha value is -3.58. The van der Waals surface area contributed by atoms with E-state index in [-0.39, 0.29) is 36.9 Å². The summed E-state index contributed by atoms with van der Waals surface area (Å²) in [5.74, 6) is 7.26. The fourth-order valence-electron chi connectivity index (χ4n) is 5.04. The monoisotopic (exact) mass is 537 g/mol. The molecule has 3 heterocycles. The van der Waals surface area contributed by atoms with Gasteiger partial charge in [-0.1, -0.05) is 43.2 Å². The van der Waals surface area contributed by atoms with Crippen LogP contribution in [-0.4, -0.2) is 75.9 Å². The fourth-order valence-corrected chi connectivity index (χ4v) is 5.04. The van der Waals surface area contributed by atoms with Crippen LogP contribution in [0.1, 0.15) is 73.3 Å². The maximum atomic E-state index is 13.6. The number of hydrogen-bond donors (Lipinski definition) is 2. The highest BCUT2D eigenvalue weighted by Crippen LogP contribution is 2.28. The van der Waals surface area contributed by atoms with Crippen molar-refractivity contribution in [1.29, 1.82) is 0 Å². The Kier molecular flexibility index (Phi) is 9.12. The normalized spacial score (nSPS) is 20.6. The molecule has 0 saturated heterocycles. The third-order valence-corrected chi connectivity index (χ3v) is 7.61. The van der Waals surface area contributed by atoms with Gasteiger partial charge in [0.25, 0.3) is 5.91 Å². The maximum Gasteiger partial charge on any atom is 0.321 e. The molecule has 3 atom stereocenters. The number of aryl methyl sites for hydroxylation is 2. The van der Waals surface area contributed by atoms with Crippen LogP contribution in [0.5, 0.6) is 5.88 Å². The summed E-state index contributed by atoms with van der Waals surface area (Å²) in [4.78, 5) is 34.3. The van der Waals surface area contributed by atoms with Crippen molar-refractivity contribution in [2.24, 2.45) is 11.8 Å². The third kappa shape index (κ3) is 6.71. The number of nitrogens with one attached hydrogen (secondary N) is 1. The smallest absolute Gasteiger partial charge is 0.321 e. The molecule has 2 aliphatic rings. The van der Waals surface area contributed by atoms with Gasteiger partial charge in [-0.2, -0.15) is 0 Å². The van der Waals surface area contributed by atoms with Gasteiger partial charge in [-0.3, -0.25) is 4.79 Å². The molecule has 0 unspecified atom stereocenters. The molecule has 10 nitrogen and oxygen atoms in total. The van der Waals surface area contributed by atoms with E-state index in [1.807, 2.05) is 13.8 Å². The zero-order valence-corrected chi connectivity index (χ0v) is 23.5. The molecule has 1 saturated carbocycles. The van der Waals surface area contributed by atoms with Crippen molar-refractivity contribution in [3.8, 4) is 17.7 Å². The zero-order valence-electron chi connectivity index (χ0n) is 23.5. The van der Waals surface area contributed by atoms with Crippen LogP contribution in [0, 0.1) is 37.5 Å². The molecule has 1 fully saturated rings. The summed E-state index contributed by atoms with van der Waals surface area (Å²) in [7, 11) is 1.68. The second-order valence-corrected chi connectivity index (χ2v) is 10.8. The number of ether oxygens (including phenoxy) is 1. The summed E-state index contributed by atoms with van der Waals surface area (Å²) in [6.07, 6.45) is 7.05. The summed E-state index contributed by atoms with van der Waals surface area (Å²) < 4.78 is 11.5. The molecular formula is C29H39N5O5. The van der Waals surface area contributed by atoms with Gasteiger partial charge < -0.3 is 29.5 Å². The number of urea groups is 1. The molecule has 1 aliphatic heterocycles. The number of pyridine rings is 1. The summed E-state index contributed by atoms with van der Waals surface area (Å²) in [5.41, 5.74) is 2.11. The molecule has 3 amide bonds. The lowest BCUT2D eigenvalue weighted by atomic mass is 9.90. The van der Waals surface area contributed by atoms with Gasteiger partial charge in [0.05, 0.1) is 19.2 Å². The molecule has 2 aromatic heterocycles. The van der Waals surface area contributed by atoms with Crippen molar-refractivity contribution in [3.63, 3.8) is 0 Å². The second-order valence-electron chi connectivity index (χ2n) is 10.8. The number of nitrogens with zero attached hydrogens (tertiary/aromatic N) is 4. The van der Waals surface area contributed by atoms with Crippen LogP contribution >= 0.6 is 0 Å². The van der Waals surface area contributed by atoms with Gasteiger partial charge in [-0.25, -0.2) is 9.78 Å². The van der Waals surface area contributed by atoms with E-state index in [0.717, 1.165) is 12.8 Å². The highest BCUT2D eigenvalue weighted by Gasteiger charge is 2.35. The topological polar surface area (TPSA) is 121 Å². The third-order valence-electron chi connectivity index (χ3n) is 7.61.